The Kier molecular flexibility index (Phi) is 1.67. The summed E-state index contributed by atoms with van der Waals surface area (Å²) in [4.78, 5) is 10.4. The number of fused-ring (bicyclic) bond motifs is 1. The molecule has 0 aromatic heterocycles. The fraction of sp³-hybridized carbons (Fsp3) is 0.100. The highest BCUT2D eigenvalue weighted by atomic mass is 16.1. The van der Waals surface area contributed by atoms with Gasteiger partial charge in [0.2, 0.25) is 0 Å². The zero-order valence-corrected chi connectivity index (χ0v) is 6.58. The fourth-order valence-corrected chi connectivity index (χ4v) is 1.33. The van der Waals surface area contributed by atoms with E-state index in [0.717, 1.165) is 18.4 Å². The van der Waals surface area contributed by atoms with Gasteiger partial charge in [-0.05, 0) is 17.2 Å². The molecule has 60 valence electrons. The Hall–Kier alpha value is -1.57. The second-order valence-corrected chi connectivity index (χ2v) is 2.77. The van der Waals surface area contributed by atoms with E-state index in [1.54, 1.807) is 0 Å². The standard InChI is InChI=1S/C10H9NO/c12-7-10-5-8-3-1-2-4-9(8)6-11-10/h1-5,7,11H,6H2. The molecule has 0 amide bonds. The Morgan fingerprint density at radius 1 is 1.33 bits per heavy atom. The monoisotopic (exact) mass is 159 g/mol. The molecule has 0 atom stereocenters. The van der Waals surface area contributed by atoms with Gasteiger partial charge in [-0.2, -0.15) is 0 Å². The molecule has 1 N–H and O–H groups in total. The first-order valence-electron chi connectivity index (χ1n) is 3.89. The Morgan fingerprint density at radius 3 is 3.00 bits per heavy atom. The van der Waals surface area contributed by atoms with Crippen molar-refractivity contribution < 1.29 is 4.79 Å². The van der Waals surface area contributed by atoms with E-state index in [1.807, 2.05) is 24.3 Å². The third-order valence-electron chi connectivity index (χ3n) is 1.98. The smallest absolute Gasteiger partial charge is 0.165 e. The van der Waals surface area contributed by atoms with Crippen molar-refractivity contribution in [3.63, 3.8) is 0 Å². The highest BCUT2D eigenvalue weighted by molar-refractivity contribution is 5.82. The molecule has 0 saturated carbocycles. The third kappa shape index (κ3) is 1.11. The molecule has 1 heterocycles. The van der Waals surface area contributed by atoms with Gasteiger partial charge in [-0.25, -0.2) is 0 Å². The van der Waals surface area contributed by atoms with Gasteiger partial charge in [-0.15, -0.1) is 0 Å². The summed E-state index contributed by atoms with van der Waals surface area (Å²) >= 11 is 0. The van der Waals surface area contributed by atoms with E-state index in [9.17, 15) is 4.79 Å². The summed E-state index contributed by atoms with van der Waals surface area (Å²) in [5.41, 5.74) is 3.04. The van der Waals surface area contributed by atoms with Gasteiger partial charge in [0.05, 0.1) is 5.70 Å². The molecule has 0 aliphatic carbocycles. The lowest BCUT2D eigenvalue weighted by Gasteiger charge is -2.14. The summed E-state index contributed by atoms with van der Waals surface area (Å²) in [6.07, 6.45) is 2.71. The van der Waals surface area contributed by atoms with E-state index in [2.05, 4.69) is 11.4 Å². The van der Waals surface area contributed by atoms with Crippen molar-refractivity contribution in [1.82, 2.24) is 5.32 Å². The molecule has 0 unspecified atom stereocenters. The lowest BCUT2D eigenvalue weighted by Crippen LogP contribution is -2.18. The number of allylic oxidation sites excluding steroid dienone is 1. The number of carbonyl (C=O) groups is 1. The zero-order chi connectivity index (χ0) is 8.39. The van der Waals surface area contributed by atoms with Gasteiger partial charge in [0, 0.05) is 6.54 Å². The van der Waals surface area contributed by atoms with Crippen LogP contribution in [0.2, 0.25) is 0 Å². The SMILES string of the molecule is O=CC1=Cc2ccccc2CN1. The number of aldehydes is 1. The van der Waals surface area contributed by atoms with E-state index in [1.165, 1.54) is 5.56 Å². The van der Waals surface area contributed by atoms with Crippen LogP contribution in [0, 0.1) is 0 Å². The Bertz CT molecular complexity index is 341. The lowest BCUT2D eigenvalue weighted by atomic mass is 10.0. The fourth-order valence-electron chi connectivity index (χ4n) is 1.33. The minimum atomic E-state index is 0.661. The highest BCUT2D eigenvalue weighted by Crippen LogP contribution is 2.15. The van der Waals surface area contributed by atoms with Crippen molar-refractivity contribution in [3.8, 4) is 0 Å². The molecule has 2 heteroatoms. The summed E-state index contributed by atoms with van der Waals surface area (Å²) in [5, 5.41) is 3.02. The highest BCUT2D eigenvalue weighted by Gasteiger charge is 2.06. The number of nitrogens with one attached hydrogen (secondary N) is 1. The van der Waals surface area contributed by atoms with E-state index in [0.29, 0.717) is 5.70 Å². The number of carbonyl (C=O) groups excluding carboxylic acids is 1. The summed E-state index contributed by atoms with van der Waals surface area (Å²) in [7, 11) is 0. The van der Waals surface area contributed by atoms with E-state index >= 15 is 0 Å². The first kappa shape index (κ1) is 7.10. The number of rotatable bonds is 1. The average Bonchev–Trinajstić information content (AvgIpc) is 2.17. The van der Waals surface area contributed by atoms with Crippen LogP contribution in [0.1, 0.15) is 11.1 Å². The number of benzene rings is 1. The summed E-state index contributed by atoms with van der Waals surface area (Å²) < 4.78 is 0. The first-order valence-corrected chi connectivity index (χ1v) is 3.89. The molecule has 1 aliphatic heterocycles. The van der Waals surface area contributed by atoms with Gasteiger partial charge in [0.15, 0.2) is 6.29 Å². The summed E-state index contributed by atoms with van der Waals surface area (Å²) in [6, 6.07) is 8.05. The van der Waals surface area contributed by atoms with Crippen molar-refractivity contribution >= 4 is 12.4 Å². The van der Waals surface area contributed by atoms with Crippen LogP contribution in [0.25, 0.3) is 6.08 Å². The summed E-state index contributed by atoms with van der Waals surface area (Å²) in [5.74, 6) is 0. The first-order chi connectivity index (χ1) is 5.90. The van der Waals surface area contributed by atoms with Crippen LogP contribution < -0.4 is 5.32 Å². The number of hydrogen-bond acceptors (Lipinski definition) is 2. The van der Waals surface area contributed by atoms with Crippen molar-refractivity contribution in [1.29, 1.82) is 0 Å². The molecule has 1 aromatic rings. The van der Waals surface area contributed by atoms with Gasteiger partial charge in [0.25, 0.3) is 0 Å². The molecule has 0 bridgehead atoms. The van der Waals surface area contributed by atoms with Gasteiger partial charge in [0.1, 0.15) is 0 Å². The minimum absolute atomic E-state index is 0.661. The van der Waals surface area contributed by atoms with Gasteiger partial charge < -0.3 is 5.32 Å². The average molecular weight is 159 g/mol. The van der Waals surface area contributed by atoms with Crippen molar-refractivity contribution in [2.45, 2.75) is 6.54 Å². The van der Waals surface area contributed by atoms with Crippen LogP contribution >= 0.6 is 0 Å². The second-order valence-electron chi connectivity index (χ2n) is 2.77. The normalized spacial score (nSPS) is 14.2. The van der Waals surface area contributed by atoms with Crippen LogP contribution in [0.5, 0.6) is 0 Å². The van der Waals surface area contributed by atoms with Crippen molar-refractivity contribution in [2.75, 3.05) is 0 Å². The van der Waals surface area contributed by atoms with Crippen molar-refractivity contribution in [2.24, 2.45) is 0 Å². The largest absolute Gasteiger partial charge is 0.378 e. The third-order valence-corrected chi connectivity index (χ3v) is 1.98. The van der Waals surface area contributed by atoms with Gasteiger partial charge >= 0.3 is 0 Å². The molecule has 12 heavy (non-hydrogen) atoms. The molecule has 0 spiro atoms. The Morgan fingerprint density at radius 2 is 2.17 bits per heavy atom. The van der Waals surface area contributed by atoms with Crippen LogP contribution in [-0.4, -0.2) is 6.29 Å². The Balaban J connectivity index is 2.47. The van der Waals surface area contributed by atoms with Gasteiger partial charge in [-0.1, -0.05) is 24.3 Å². The van der Waals surface area contributed by atoms with E-state index < -0.39 is 0 Å². The van der Waals surface area contributed by atoms with Crippen LogP contribution in [-0.2, 0) is 11.3 Å². The van der Waals surface area contributed by atoms with E-state index in [-0.39, 0.29) is 0 Å². The molecule has 2 nitrogen and oxygen atoms in total. The molecule has 2 rings (SSSR count). The van der Waals surface area contributed by atoms with Crippen molar-refractivity contribution in [3.05, 3.63) is 41.1 Å². The Labute approximate surface area is 70.9 Å². The number of hydrogen-bond donors (Lipinski definition) is 1. The quantitative estimate of drug-likeness (QED) is 0.626. The van der Waals surface area contributed by atoms with Crippen LogP contribution in [0.4, 0.5) is 0 Å². The molecule has 0 radical (unpaired) electrons. The summed E-state index contributed by atoms with van der Waals surface area (Å²) in [6.45, 7) is 0.751. The maximum absolute atomic E-state index is 10.4. The maximum Gasteiger partial charge on any atom is 0.165 e. The molecule has 0 fully saturated rings. The van der Waals surface area contributed by atoms with E-state index in [4.69, 9.17) is 0 Å². The van der Waals surface area contributed by atoms with Crippen LogP contribution in [0.15, 0.2) is 30.0 Å². The lowest BCUT2D eigenvalue weighted by molar-refractivity contribution is -0.105. The minimum Gasteiger partial charge on any atom is -0.378 e. The molecular weight excluding hydrogens is 150 g/mol. The molecule has 1 aliphatic rings. The second kappa shape index (κ2) is 2.81. The zero-order valence-electron chi connectivity index (χ0n) is 6.58. The topological polar surface area (TPSA) is 29.1 Å². The predicted molar refractivity (Wildman–Crippen MR) is 47.3 cm³/mol. The molecular formula is C10H9NO. The van der Waals surface area contributed by atoms with Gasteiger partial charge in [-0.3, -0.25) is 4.79 Å². The van der Waals surface area contributed by atoms with Crippen LogP contribution in [0.3, 0.4) is 0 Å². The molecule has 1 aromatic carbocycles. The predicted octanol–water partition coefficient (Wildman–Crippen LogP) is 1.33. The molecule has 0 saturated heterocycles. The maximum atomic E-state index is 10.4.